The third-order valence-electron chi connectivity index (χ3n) is 4.50. The van der Waals surface area contributed by atoms with E-state index in [0.717, 1.165) is 34.5 Å². The van der Waals surface area contributed by atoms with Gasteiger partial charge in [0.2, 0.25) is 0 Å². The number of nitrogens with zero attached hydrogens (tertiary/aromatic N) is 2. The molecule has 0 atom stereocenters. The summed E-state index contributed by atoms with van der Waals surface area (Å²) < 4.78 is 7.95. The summed E-state index contributed by atoms with van der Waals surface area (Å²) in [5.41, 5.74) is 3.26. The molecule has 0 fully saturated rings. The zero-order valence-corrected chi connectivity index (χ0v) is 13.2. The van der Waals surface area contributed by atoms with Crippen LogP contribution >= 0.6 is 23.2 Å². The molecule has 0 saturated heterocycles. The predicted molar refractivity (Wildman–Crippen MR) is 84.5 cm³/mol. The van der Waals surface area contributed by atoms with E-state index in [1.165, 1.54) is 4.90 Å². The number of amides is 1. The summed E-state index contributed by atoms with van der Waals surface area (Å²) in [4.78, 5) is 12.7. The van der Waals surface area contributed by atoms with Gasteiger partial charge in [0.1, 0.15) is 12.4 Å². The van der Waals surface area contributed by atoms with Crippen LogP contribution in [0.25, 0.3) is 10.9 Å². The molecular formula is C15H14Cl2N2O3. The highest BCUT2D eigenvalue weighted by atomic mass is 35.5. The maximum absolute atomic E-state index is 11.2. The van der Waals surface area contributed by atoms with Gasteiger partial charge in [0.25, 0.3) is 0 Å². The third-order valence-corrected chi connectivity index (χ3v) is 5.28. The smallest absolute Gasteiger partial charge is 0.407 e. The molecular weight excluding hydrogens is 327 g/mol. The number of aromatic nitrogens is 1. The summed E-state index contributed by atoms with van der Waals surface area (Å²) in [5.74, 6) is 0.763. The van der Waals surface area contributed by atoms with Crippen molar-refractivity contribution >= 4 is 40.2 Å². The van der Waals surface area contributed by atoms with Crippen molar-refractivity contribution in [3.63, 3.8) is 0 Å². The normalized spacial score (nSPS) is 17.1. The van der Waals surface area contributed by atoms with Crippen LogP contribution in [0.2, 0.25) is 10.0 Å². The third kappa shape index (κ3) is 1.88. The molecule has 0 aliphatic carbocycles. The van der Waals surface area contributed by atoms with Gasteiger partial charge in [0.15, 0.2) is 0 Å². The van der Waals surface area contributed by atoms with Crippen molar-refractivity contribution in [2.75, 3.05) is 19.7 Å². The molecule has 2 aliphatic heterocycles. The minimum atomic E-state index is -0.874. The summed E-state index contributed by atoms with van der Waals surface area (Å²) in [6.45, 7) is 2.31. The lowest BCUT2D eigenvalue weighted by molar-refractivity contribution is 0.147. The molecule has 0 unspecified atom stereocenters. The average molecular weight is 341 g/mol. The summed E-state index contributed by atoms with van der Waals surface area (Å²) in [5, 5.41) is 11.2. The molecule has 2 aliphatic rings. The zero-order chi connectivity index (χ0) is 15.4. The van der Waals surface area contributed by atoms with E-state index < -0.39 is 6.09 Å². The van der Waals surface area contributed by atoms with Crippen LogP contribution < -0.4 is 4.74 Å². The number of hydrogen-bond acceptors (Lipinski definition) is 2. The van der Waals surface area contributed by atoms with Crippen molar-refractivity contribution in [3.8, 4) is 5.75 Å². The summed E-state index contributed by atoms with van der Waals surface area (Å²) in [6.07, 6.45) is 0.454. The first-order valence-corrected chi connectivity index (χ1v) is 7.96. The van der Waals surface area contributed by atoms with E-state index in [9.17, 15) is 9.90 Å². The van der Waals surface area contributed by atoms with Crippen LogP contribution in [0.15, 0.2) is 6.07 Å². The number of carboxylic acid groups (broad SMARTS) is 1. The SMILES string of the molecule is O=C(O)N1CCc2c(n3c4c(cc(Cl)c(Cl)c24)OCC3)CC1. The van der Waals surface area contributed by atoms with E-state index in [2.05, 4.69) is 4.57 Å². The highest BCUT2D eigenvalue weighted by Gasteiger charge is 2.29. The summed E-state index contributed by atoms with van der Waals surface area (Å²) >= 11 is 12.7. The molecule has 1 N–H and O–H groups in total. The highest BCUT2D eigenvalue weighted by Crippen LogP contribution is 2.44. The molecule has 1 aromatic carbocycles. The van der Waals surface area contributed by atoms with Crippen LogP contribution in [0.3, 0.4) is 0 Å². The second-order valence-corrected chi connectivity index (χ2v) is 6.37. The Morgan fingerprint density at radius 2 is 2.00 bits per heavy atom. The van der Waals surface area contributed by atoms with Gasteiger partial charge in [0, 0.05) is 36.7 Å². The Bertz CT molecular complexity index is 800. The largest absolute Gasteiger partial charge is 0.489 e. The molecule has 5 nitrogen and oxygen atoms in total. The topological polar surface area (TPSA) is 54.7 Å². The number of hydrogen-bond donors (Lipinski definition) is 1. The van der Waals surface area contributed by atoms with Gasteiger partial charge in [-0.1, -0.05) is 23.2 Å². The van der Waals surface area contributed by atoms with Crippen molar-refractivity contribution in [3.05, 3.63) is 27.4 Å². The lowest BCUT2D eigenvalue weighted by Gasteiger charge is -2.21. The average Bonchev–Trinajstić information content (AvgIpc) is 2.66. The molecule has 0 saturated carbocycles. The van der Waals surface area contributed by atoms with Crippen molar-refractivity contribution < 1.29 is 14.6 Å². The first-order chi connectivity index (χ1) is 10.6. The molecule has 0 bridgehead atoms. The van der Waals surface area contributed by atoms with E-state index in [1.807, 2.05) is 0 Å². The van der Waals surface area contributed by atoms with Crippen LogP contribution in [-0.4, -0.2) is 40.4 Å². The fourth-order valence-corrected chi connectivity index (χ4v) is 3.98. The van der Waals surface area contributed by atoms with Crippen LogP contribution in [0.5, 0.6) is 5.75 Å². The Hall–Kier alpha value is -1.59. The molecule has 3 heterocycles. The maximum Gasteiger partial charge on any atom is 0.407 e. The lowest BCUT2D eigenvalue weighted by atomic mass is 10.1. The van der Waals surface area contributed by atoms with E-state index >= 15 is 0 Å². The molecule has 1 aromatic heterocycles. The van der Waals surface area contributed by atoms with Crippen molar-refractivity contribution in [2.24, 2.45) is 0 Å². The van der Waals surface area contributed by atoms with E-state index in [4.69, 9.17) is 27.9 Å². The molecule has 0 spiro atoms. The first kappa shape index (κ1) is 14.0. The van der Waals surface area contributed by atoms with E-state index in [0.29, 0.717) is 42.6 Å². The lowest BCUT2D eigenvalue weighted by Crippen LogP contribution is -2.32. The van der Waals surface area contributed by atoms with Gasteiger partial charge in [-0.15, -0.1) is 0 Å². The Balaban J connectivity index is 1.96. The number of ether oxygens (including phenoxy) is 1. The molecule has 22 heavy (non-hydrogen) atoms. The number of benzene rings is 1. The second kappa shape index (κ2) is 4.96. The number of fused-ring (bicyclic) bond motifs is 3. The molecule has 116 valence electrons. The van der Waals surface area contributed by atoms with Crippen LogP contribution in [0.1, 0.15) is 11.3 Å². The molecule has 2 aromatic rings. The highest BCUT2D eigenvalue weighted by molar-refractivity contribution is 6.45. The second-order valence-electron chi connectivity index (χ2n) is 5.59. The molecule has 0 radical (unpaired) electrons. The fourth-order valence-electron chi connectivity index (χ4n) is 3.53. The Kier molecular flexibility index (Phi) is 3.16. The van der Waals surface area contributed by atoms with E-state index in [1.54, 1.807) is 6.07 Å². The molecule has 1 amide bonds. The Labute approximate surface area is 137 Å². The van der Waals surface area contributed by atoms with Crippen LogP contribution in [0, 0.1) is 0 Å². The van der Waals surface area contributed by atoms with Gasteiger partial charge in [-0.2, -0.15) is 0 Å². The fraction of sp³-hybridized carbons (Fsp3) is 0.400. The quantitative estimate of drug-likeness (QED) is 0.799. The van der Waals surface area contributed by atoms with Gasteiger partial charge in [-0.25, -0.2) is 4.79 Å². The predicted octanol–water partition coefficient (Wildman–Crippen LogP) is 3.42. The van der Waals surface area contributed by atoms with Crippen molar-refractivity contribution in [1.82, 2.24) is 9.47 Å². The van der Waals surface area contributed by atoms with Crippen molar-refractivity contribution in [2.45, 2.75) is 19.4 Å². The van der Waals surface area contributed by atoms with Gasteiger partial charge >= 0.3 is 6.09 Å². The Morgan fingerprint density at radius 1 is 1.23 bits per heavy atom. The molecule has 4 rings (SSSR count). The first-order valence-electron chi connectivity index (χ1n) is 7.20. The van der Waals surface area contributed by atoms with Crippen LogP contribution in [-0.2, 0) is 19.4 Å². The number of rotatable bonds is 0. The maximum atomic E-state index is 11.2. The van der Waals surface area contributed by atoms with Gasteiger partial charge < -0.3 is 19.3 Å². The van der Waals surface area contributed by atoms with Gasteiger partial charge in [0.05, 0.1) is 22.1 Å². The van der Waals surface area contributed by atoms with Crippen molar-refractivity contribution in [1.29, 1.82) is 0 Å². The van der Waals surface area contributed by atoms with E-state index in [-0.39, 0.29) is 0 Å². The number of carbonyl (C=O) groups is 1. The standard InChI is InChI=1S/C15H14Cl2N2O3/c16-9-7-11-14-12(13(9)17)8-1-3-18(15(20)21)4-2-10(8)19(14)5-6-22-11/h7H,1-6H2,(H,20,21). The minimum Gasteiger partial charge on any atom is -0.489 e. The zero-order valence-electron chi connectivity index (χ0n) is 11.7. The summed E-state index contributed by atoms with van der Waals surface area (Å²) in [6, 6.07) is 1.77. The molecule has 7 heteroatoms. The van der Waals surface area contributed by atoms with Gasteiger partial charge in [-0.3, -0.25) is 0 Å². The summed E-state index contributed by atoms with van der Waals surface area (Å²) in [7, 11) is 0. The van der Waals surface area contributed by atoms with Gasteiger partial charge in [-0.05, 0) is 12.0 Å². The monoisotopic (exact) mass is 340 g/mol. The number of halogens is 2. The Morgan fingerprint density at radius 3 is 2.77 bits per heavy atom. The minimum absolute atomic E-state index is 0.473. The van der Waals surface area contributed by atoms with Crippen LogP contribution in [0.4, 0.5) is 4.79 Å².